The topological polar surface area (TPSA) is 39.7 Å². The Kier molecular flexibility index (Phi) is 7.81. The Labute approximate surface area is 167 Å². The molecule has 1 aliphatic carbocycles. The van der Waals surface area contributed by atoms with Gasteiger partial charge in [-0.25, -0.2) is 0 Å². The zero-order valence-corrected chi connectivity index (χ0v) is 18.1. The normalized spacial score (nSPS) is 26.0. The van der Waals surface area contributed by atoms with E-state index in [0.29, 0.717) is 18.0 Å². The molecule has 4 nitrogen and oxygen atoms in total. The standard InChI is InChI=1S/C18H30N4S.HI/c1-4-19-18(20-10-13(2)15-7-8-23-12-15)21-16-9-14(3)22(11-16)17-5-6-17;/h7-8,12-14,16-17H,4-6,9-11H2,1-3H3,(H2,19,20,21);1H. The number of nitrogens with one attached hydrogen (secondary N) is 2. The molecule has 0 bridgehead atoms. The van der Waals surface area contributed by atoms with Gasteiger partial charge in [0.2, 0.25) is 0 Å². The van der Waals surface area contributed by atoms with E-state index in [1.807, 2.05) is 0 Å². The highest BCUT2D eigenvalue weighted by molar-refractivity contribution is 14.0. The number of guanidine groups is 1. The van der Waals surface area contributed by atoms with Gasteiger partial charge in [-0.15, -0.1) is 24.0 Å². The Bertz CT molecular complexity index is 515. The summed E-state index contributed by atoms with van der Waals surface area (Å²) in [7, 11) is 0. The number of halogens is 1. The van der Waals surface area contributed by atoms with Crippen molar-refractivity contribution in [2.24, 2.45) is 4.99 Å². The summed E-state index contributed by atoms with van der Waals surface area (Å²) in [4.78, 5) is 7.50. The number of aliphatic imine (C=N–C) groups is 1. The Morgan fingerprint density at radius 2 is 2.25 bits per heavy atom. The van der Waals surface area contributed by atoms with E-state index in [4.69, 9.17) is 4.99 Å². The number of rotatable bonds is 6. The van der Waals surface area contributed by atoms with Crippen LogP contribution >= 0.6 is 35.3 Å². The summed E-state index contributed by atoms with van der Waals surface area (Å²) >= 11 is 1.76. The minimum atomic E-state index is 0. The zero-order chi connectivity index (χ0) is 16.2. The van der Waals surface area contributed by atoms with Gasteiger partial charge in [-0.05, 0) is 55.5 Å². The van der Waals surface area contributed by atoms with Crippen LogP contribution in [0.15, 0.2) is 21.8 Å². The molecule has 2 fully saturated rings. The van der Waals surface area contributed by atoms with Crippen LogP contribution in [0.2, 0.25) is 0 Å². The number of hydrogen-bond donors (Lipinski definition) is 2. The molecule has 0 radical (unpaired) electrons. The van der Waals surface area contributed by atoms with E-state index in [1.54, 1.807) is 11.3 Å². The van der Waals surface area contributed by atoms with E-state index in [9.17, 15) is 0 Å². The Hall–Kier alpha value is -0.340. The van der Waals surface area contributed by atoms with Crippen molar-refractivity contribution in [1.29, 1.82) is 0 Å². The Balaban J connectivity index is 0.00000208. The predicted molar refractivity (Wildman–Crippen MR) is 115 cm³/mol. The van der Waals surface area contributed by atoms with Crippen molar-refractivity contribution < 1.29 is 0 Å². The van der Waals surface area contributed by atoms with Crippen LogP contribution in [0.5, 0.6) is 0 Å². The SMILES string of the molecule is CCNC(=NCC(C)c1ccsc1)NC1CC(C)N(C2CC2)C1.I. The van der Waals surface area contributed by atoms with E-state index in [2.05, 4.69) is 53.1 Å². The van der Waals surface area contributed by atoms with Crippen molar-refractivity contribution in [1.82, 2.24) is 15.5 Å². The summed E-state index contributed by atoms with van der Waals surface area (Å²) in [6.07, 6.45) is 4.01. The molecule has 1 saturated carbocycles. The van der Waals surface area contributed by atoms with Crippen LogP contribution in [0.3, 0.4) is 0 Å². The Morgan fingerprint density at radius 1 is 1.46 bits per heavy atom. The molecule has 3 unspecified atom stereocenters. The number of likely N-dealkylation sites (tertiary alicyclic amines) is 1. The lowest BCUT2D eigenvalue weighted by molar-refractivity contribution is 0.256. The molecule has 0 amide bonds. The lowest BCUT2D eigenvalue weighted by Gasteiger charge is -2.20. The van der Waals surface area contributed by atoms with Gasteiger partial charge in [-0.1, -0.05) is 6.92 Å². The summed E-state index contributed by atoms with van der Waals surface area (Å²) in [5, 5.41) is 11.4. The van der Waals surface area contributed by atoms with Crippen LogP contribution in [0.25, 0.3) is 0 Å². The van der Waals surface area contributed by atoms with E-state index < -0.39 is 0 Å². The van der Waals surface area contributed by atoms with E-state index in [1.165, 1.54) is 24.8 Å². The molecule has 1 aliphatic heterocycles. The van der Waals surface area contributed by atoms with E-state index >= 15 is 0 Å². The molecule has 1 saturated heterocycles. The number of nitrogens with zero attached hydrogens (tertiary/aromatic N) is 2. The maximum absolute atomic E-state index is 4.82. The van der Waals surface area contributed by atoms with Crippen LogP contribution in [0.1, 0.15) is 51.5 Å². The van der Waals surface area contributed by atoms with Gasteiger partial charge in [0.05, 0.1) is 0 Å². The summed E-state index contributed by atoms with van der Waals surface area (Å²) in [5.41, 5.74) is 1.39. The molecule has 136 valence electrons. The van der Waals surface area contributed by atoms with Crippen LogP contribution in [0, 0.1) is 0 Å². The van der Waals surface area contributed by atoms with Gasteiger partial charge in [-0.3, -0.25) is 9.89 Å². The quantitative estimate of drug-likeness (QED) is 0.385. The van der Waals surface area contributed by atoms with Gasteiger partial charge in [0.15, 0.2) is 5.96 Å². The lowest BCUT2D eigenvalue weighted by Crippen LogP contribution is -2.45. The first-order chi connectivity index (χ1) is 11.2. The highest BCUT2D eigenvalue weighted by atomic mass is 127. The second-order valence-corrected chi connectivity index (χ2v) is 7.81. The fourth-order valence-corrected chi connectivity index (χ4v) is 4.26. The van der Waals surface area contributed by atoms with Crippen molar-refractivity contribution in [3.63, 3.8) is 0 Å². The number of thiophene rings is 1. The smallest absolute Gasteiger partial charge is 0.191 e. The monoisotopic (exact) mass is 462 g/mol. The minimum absolute atomic E-state index is 0. The largest absolute Gasteiger partial charge is 0.357 e. The highest BCUT2D eigenvalue weighted by Crippen LogP contribution is 2.33. The van der Waals surface area contributed by atoms with Crippen LogP contribution < -0.4 is 10.6 Å². The van der Waals surface area contributed by atoms with Crippen molar-refractivity contribution in [3.05, 3.63) is 22.4 Å². The molecule has 0 aromatic carbocycles. The second-order valence-electron chi connectivity index (χ2n) is 7.03. The van der Waals surface area contributed by atoms with Gasteiger partial charge < -0.3 is 10.6 Å². The van der Waals surface area contributed by atoms with Gasteiger partial charge in [0.25, 0.3) is 0 Å². The molecule has 6 heteroatoms. The molecule has 2 aliphatic rings. The molecule has 1 aromatic heterocycles. The molecule has 2 N–H and O–H groups in total. The summed E-state index contributed by atoms with van der Waals surface area (Å²) in [6.45, 7) is 9.65. The molecule has 0 spiro atoms. The average Bonchev–Trinajstić information content (AvgIpc) is 3.08. The van der Waals surface area contributed by atoms with Gasteiger partial charge >= 0.3 is 0 Å². The second kappa shape index (κ2) is 9.38. The Morgan fingerprint density at radius 3 is 2.88 bits per heavy atom. The summed E-state index contributed by atoms with van der Waals surface area (Å²) in [5.74, 6) is 1.45. The molecule has 3 atom stereocenters. The third kappa shape index (κ3) is 5.33. The maximum atomic E-state index is 4.82. The fourth-order valence-electron chi connectivity index (χ4n) is 3.48. The number of hydrogen-bond acceptors (Lipinski definition) is 3. The van der Waals surface area contributed by atoms with Gasteiger partial charge in [-0.2, -0.15) is 11.3 Å². The van der Waals surface area contributed by atoms with Gasteiger partial charge in [0, 0.05) is 43.7 Å². The lowest BCUT2D eigenvalue weighted by atomic mass is 10.1. The first-order valence-corrected chi connectivity index (χ1v) is 9.94. The average molecular weight is 462 g/mol. The molecule has 24 heavy (non-hydrogen) atoms. The molecule has 3 rings (SSSR count). The van der Waals surface area contributed by atoms with Crippen molar-refractivity contribution in [2.45, 2.75) is 64.1 Å². The maximum Gasteiger partial charge on any atom is 0.191 e. The highest BCUT2D eigenvalue weighted by Gasteiger charge is 2.38. The first kappa shape index (κ1) is 20.0. The molecule has 2 heterocycles. The van der Waals surface area contributed by atoms with Gasteiger partial charge in [0.1, 0.15) is 0 Å². The van der Waals surface area contributed by atoms with Crippen molar-refractivity contribution in [3.8, 4) is 0 Å². The third-order valence-corrected chi connectivity index (χ3v) is 5.66. The minimum Gasteiger partial charge on any atom is -0.357 e. The van der Waals surface area contributed by atoms with Crippen LogP contribution in [-0.4, -0.2) is 48.6 Å². The van der Waals surface area contributed by atoms with E-state index in [0.717, 1.165) is 31.6 Å². The van der Waals surface area contributed by atoms with Crippen LogP contribution in [0.4, 0.5) is 0 Å². The fraction of sp³-hybridized carbons (Fsp3) is 0.722. The molecular weight excluding hydrogens is 431 g/mol. The first-order valence-electron chi connectivity index (χ1n) is 9.00. The molecular formula is C18H31IN4S. The third-order valence-electron chi connectivity index (χ3n) is 4.96. The van der Waals surface area contributed by atoms with Crippen LogP contribution in [-0.2, 0) is 0 Å². The van der Waals surface area contributed by atoms with Crippen molar-refractivity contribution >= 4 is 41.3 Å². The molecule has 1 aromatic rings. The summed E-state index contributed by atoms with van der Waals surface area (Å²) in [6, 6.07) is 4.29. The zero-order valence-electron chi connectivity index (χ0n) is 15.0. The summed E-state index contributed by atoms with van der Waals surface area (Å²) < 4.78 is 0. The van der Waals surface area contributed by atoms with Crippen molar-refractivity contribution in [2.75, 3.05) is 19.6 Å². The van der Waals surface area contributed by atoms with E-state index in [-0.39, 0.29) is 24.0 Å². The predicted octanol–water partition coefficient (Wildman–Crippen LogP) is 3.65.